The van der Waals surface area contributed by atoms with Crippen molar-refractivity contribution >= 4 is 16.9 Å². The minimum atomic E-state index is -0.423. The van der Waals surface area contributed by atoms with Gasteiger partial charge in [0.1, 0.15) is 6.54 Å². The predicted molar refractivity (Wildman–Crippen MR) is 98.1 cm³/mol. The maximum atomic E-state index is 13.0. The first kappa shape index (κ1) is 17.7. The lowest BCUT2D eigenvalue weighted by molar-refractivity contribution is -0.921. The maximum Gasteiger partial charge on any atom is 0.337 e. The highest BCUT2D eigenvalue weighted by atomic mass is 16.5. The number of aryl methyl sites for hydroxylation is 1. The lowest BCUT2D eigenvalue weighted by Gasteiger charge is -2.28. The Morgan fingerprint density at radius 2 is 2.00 bits per heavy atom. The maximum absolute atomic E-state index is 13.0. The molecule has 2 N–H and O–H groups in total. The summed E-state index contributed by atoms with van der Waals surface area (Å²) in [4.78, 5) is 29.5. The van der Waals surface area contributed by atoms with Gasteiger partial charge in [-0.15, -0.1) is 0 Å². The second-order valence-electron chi connectivity index (χ2n) is 7.17. The fourth-order valence-corrected chi connectivity index (χ4v) is 3.93. The quantitative estimate of drug-likeness (QED) is 0.835. The van der Waals surface area contributed by atoms with Crippen molar-refractivity contribution in [3.63, 3.8) is 0 Å². The number of pyridine rings is 1. The molecule has 5 heteroatoms. The Bertz CT molecular complexity index is 835. The lowest BCUT2D eigenvalue weighted by Crippen LogP contribution is -3.12. The molecule has 1 saturated carbocycles. The molecule has 0 aliphatic heterocycles. The summed E-state index contributed by atoms with van der Waals surface area (Å²) in [6, 6.07) is 5.73. The van der Waals surface area contributed by atoms with Crippen molar-refractivity contribution < 1.29 is 14.4 Å². The van der Waals surface area contributed by atoms with Gasteiger partial charge < -0.3 is 14.6 Å². The summed E-state index contributed by atoms with van der Waals surface area (Å²) in [5.74, 6) is -0.423. The van der Waals surface area contributed by atoms with E-state index in [9.17, 15) is 9.59 Å². The fraction of sp³-hybridized carbons (Fsp3) is 0.500. The summed E-state index contributed by atoms with van der Waals surface area (Å²) in [6.07, 6.45) is 6.39. The molecule has 0 radical (unpaired) electrons. The molecule has 0 amide bonds. The molecule has 1 heterocycles. The molecule has 25 heavy (non-hydrogen) atoms. The number of quaternary nitrogens is 1. The van der Waals surface area contributed by atoms with Crippen molar-refractivity contribution in [1.82, 2.24) is 4.98 Å². The van der Waals surface area contributed by atoms with Crippen LogP contribution in [0.1, 0.15) is 53.7 Å². The van der Waals surface area contributed by atoms with E-state index in [4.69, 9.17) is 4.74 Å². The number of hydrogen-bond donors (Lipinski definition) is 2. The Kier molecular flexibility index (Phi) is 5.23. The van der Waals surface area contributed by atoms with Crippen molar-refractivity contribution in [2.75, 3.05) is 14.2 Å². The summed E-state index contributed by atoms with van der Waals surface area (Å²) in [5, 5.41) is 0.556. The van der Waals surface area contributed by atoms with Crippen LogP contribution in [0.15, 0.2) is 23.0 Å². The van der Waals surface area contributed by atoms with Gasteiger partial charge in [-0.1, -0.05) is 6.42 Å². The van der Waals surface area contributed by atoms with Gasteiger partial charge in [-0.3, -0.25) is 4.79 Å². The van der Waals surface area contributed by atoms with Gasteiger partial charge in [0.25, 0.3) is 0 Å². The third-order valence-corrected chi connectivity index (χ3v) is 5.49. The van der Waals surface area contributed by atoms with Gasteiger partial charge in [-0.05, 0) is 50.8 Å². The number of aromatic amines is 1. The number of rotatable bonds is 4. The first-order valence-corrected chi connectivity index (χ1v) is 9.07. The topological polar surface area (TPSA) is 63.6 Å². The first-order chi connectivity index (χ1) is 12.0. The summed E-state index contributed by atoms with van der Waals surface area (Å²) in [7, 11) is 3.53. The van der Waals surface area contributed by atoms with Crippen LogP contribution in [-0.2, 0) is 11.3 Å². The van der Waals surface area contributed by atoms with E-state index < -0.39 is 5.97 Å². The van der Waals surface area contributed by atoms with Crippen molar-refractivity contribution in [2.45, 2.75) is 51.6 Å². The molecule has 2 aromatic rings. The number of aromatic nitrogens is 1. The number of H-pyrrole nitrogens is 1. The zero-order valence-electron chi connectivity index (χ0n) is 15.3. The number of fused-ring (bicyclic) bond motifs is 1. The Morgan fingerprint density at radius 3 is 2.68 bits per heavy atom. The van der Waals surface area contributed by atoms with Gasteiger partial charge in [0.2, 0.25) is 0 Å². The van der Waals surface area contributed by atoms with Gasteiger partial charge in [0.05, 0.1) is 31.3 Å². The molecule has 3 rings (SSSR count). The molecule has 1 aromatic heterocycles. The highest BCUT2D eigenvalue weighted by Crippen LogP contribution is 2.17. The van der Waals surface area contributed by atoms with E-state index in [1.807, 2.05) is 6.92 Å². The number of carbonyl (C=O) groups is 1. The summed E-state index contributed by atoms with van der Waals surface area (Å²) >= 11 is 0. The van der Waals surface area contributed by atoms with Crippen LogP contribution in [0.5, 0.6) is 0 Å². The zero-order valence-corrected chi connectivity index (χ0v) is 15.3. The normalized spacial score (nSPS) is 16.8. The van der Waals surface area contributed by atoms with Gasteiger partial charge >= 0.3 is 5.97 Å². The van der Waals surface area contributed by atoms with Crippen LogP contribution in [0.3, 0.4) is 0 Å². The van der Waals surface area contributed by atoms with Gasteiger partial charge in [0, 0.05) is 16.6 Å². The highest BCUT2D eigenvalue weighted by molar-refractivity contribution is 5.94. The van der Waals surface area contributed by atoms with Crippen LogP contribution >= 0.6 is 0 Å². The molecular formula is C20H27N2O3+. The van der Waals surface area contributed by atoms with Crippen molar-refractivity contribution in [2.24, 2.45) is 0 Å². The van der Waals surface area contributed by atoms with Crippen LogP contribution in [0.25, 0.3) is 10.9 Å². The van der Waals surface area contributed by atoms with Crippen molar-refractivity contribution in [3.8, 4) is 0 Å². The van der Waals surface area contributed by atoms with Crippen LogP contribution in [0.2, 0.25) is 0 Å². The van der Waals surface area contributed by atoms with E-state index in [0.717, 1.165) is 16.8 Å². The SMILES string of the molecule is COC(=O)c1ccc2[nH]c(C)c(C[NH+](C)C3CCCCC3)c(=O)c2c1. The Balaban J connectivity index is 1.96. The average molecular weight is 343 g/mol. The van der Waals surface area contributed by atoms with Crippen LogP contribution in [0, 0.1) is 6.92 Å². The third-order valence-electron chi connectivity index (χ3n) is 5.49. The van der Waals surface area contributed by atoms with Gasteiger partial charge in [-0.2, -0.15) is 0 Å². The van der Waals surface area contributed by atoms with Crippen LogP contribution in [-0.4, -0.2) is 31.2 Å². The summed E-state index contributed by atoms with van der Waals surface area (Å²) < 4.78 is 4.77. The molecule has 0 saturated heterocycles. The smallest absolute Gasteiger partial charge is 0.337 e. The molecule has 1 aliphatic carbocycles. The Labute approximate surface area is 148 Å². The Morgan fingerprint density at radius 1 is 1.28 bits per heavy atom. The molecule has 1 atom stereocenters. The van der Waals surface area contributed by atoms with Crippen molar-refractivity contribution in [1.29, 1.82) is 0 Å². The summed E-state index contributed by atoms with van der Waals surface area (Å²) in [6.45, 7) is 2.67. The third kappa shape index (κ3) is 3.61. The minimum Gasteiger partial charge on any atom is -0.465 e. The molecular weight excluding hydrogens is 316 g/mol. The number of benzene rings is 1. The molecule has 1 aromatic carbocycles. The summed E-state index contributed by atoms with van der Waals surface area (Å²) in [5.41, 5.74) is 2.92. The first-order valence-electron chi connectivity index (χ1n) is 9.07. The fourth-order valence-electron chi connectivity index (χ4n) is 3.93. The molecule has 1 aliphatic rings. The molecule has 1 fully saturated rings. The van der Waals surface area contributed by atoms with E-state index in [-0.39, 0.29) is 5.43 Å². The van der Waals surface area contributed by atoms with E-state index in [1.54, 1.807) is 18.2 Å². The van der Waals surface area contributed by atoms with Crippen LogP contribution < -0.4 is 10.3 Å². The molecule has 5 nitrogen and oxygen atoms in total. The van der Waals surface area contributed by atoms with Gasteiger partial charge in [0.15, 0.2) is 5.43 Å². The molecule has 0 spiro atoms. The van der Waals surface area contributed by atoms with E-state index >= 15 is 0 Å². The van der Waals surface area contributed by atoms with E-state index in [0.29, 0.717) is 23.5 Å². The number of carbonyl (C=O) groups excluding carboxylic acids is 1. The standard InChI is InChI=1S/C20H26N2O3/c1-13-17(12-22(2)15-7-5-4-6-8-15)19(23)16-11-14(20(24)25-3)9-10-18(16)21-13/h9-11,15H,4-8,12H2,1-3H3,(H,21,23)/p+1. The number of methoxy groups -OCH3 is 1. The van der Waals surface area contributed by atoms with Gasteiger partial charge in [-0.25, -0.2) is 4.79 Å². The number of hydrogen-bond acceptors (Lipinski definition) is 3. The highest BCUT2D eigenvalue weighted by Gasteiger charge is 2.23. The van der Waals surface area contributed by atoms with E-state index in [1.165, 1.54) is 44.1 Å². The lowest BCUT2D eigenvalue weighted by atomic mass is 9.94. The second-order valence-corrected chi connectivity index (χ2v) is 7.17. The molecule has 0 bridgehead atoms. The van der Waals surface area contributed by atoms with E-state index in [2.05, 4.69) is 12.0 Å². The average Bonchev–Trinajstić information content (AvgIpc) is 2.64. The van der Waals surface area contributed by atoms with Crippen molar-refractivity contribution in [3.05, 3.63) is 45.2 Å². The largest absolute Gasteiger partial charge is 0.465 e. The number of nitrogens with one attached hydrogen (secondary N) is 2. The Hall–Kier alpha value is -2.14. The predicted octanol–water partition coefficient (Wildman–Crippen LogP) is 1.97. The monoisotopic (exact) mass is 343 g/mol. The molecule has 134 valence electrons. The second kappa shape index (κ2) is 7.40. The van der Waals surface area contributed by atoms with Crippen LogP contribution in [0.4, 0.5) is 0 Å². The zero-order chi connectivity index (χ0) is 18.0. The number of esters is 1. The molecule has 1 unspecified atom stereocenters. The number of ether oxygens (including phenoxy) is 1. The minimum absolute atomic E-state index is 0.0205.